The zero-order valence-electron chi connectivity index (χ0n) is 17.6. The summed E-state index contributed by atoms with van der Waals surface area (Å²) in [5.74, 6) is -3.67. The van der Waals surface area contributed by atoms with Crippen molar-refractivity contribution in [2.75, 3.05) is 6.54 Å². The first-order valence-electron chi connectivity index (χ1n) is 10.2. The van der Waals surface area contributed by atoms with Crippen LogP contribution in [0.15, 0.2) is 12.1 Å². The van der Waals surface area contributed by atoms with Gasteiger partial charge in [-0.2, -0.15) is 13.2 Å². The highest BCUT2D eigenvalue weighted by atomic mass is 19.4. The van der Waals surface area contributed by atoms with Gasteiger partial charge >= 0.3 is 12.2 Å². The number of halogens is 5. The predicted octanol–water partition coefficient (Wildman–Crippen LogP) is 3.81. The van der Waals surface area contributed by atoms with Crippen LogP contribution < -0.4 is 16.4 Å². The molecule has 0 spiro atoms. The van der Waals surface area contributed by atoms with Crippen LogP contribution >= 0.6 is 0 Å². The van der Waals surface area contributed by atoms with Gasteiger partial charge < -0.3 is 11.1 Å². The highest BCUT2D eigenvalue weighted by Crippen LogP contribution is 2.42. The summed E-state index contributed by atoms with van der Waals surface area (Å²) in [7, 11) is 0. The minimum atomic E-state index is -4.79. The summed E-state index contributed by atoms with van der Waals surface area (Å²) in [6.45, 7) is 2.06. The van der Waals surface area contributed by atoms with E-state index >= 15 is 0 Å². The molecule has 0 bridgehead atoms. The van der Waals surface area contributed by atoms with Crippen molar-refractivity contribution in [3.05, 3.63) is 34.9 Å². The lowest BCUT2D eigenvalue weighted by Crippen LogP contribution is -2.46. The van der Waals surface area contributed by atoms with E-state index in [1.807, 2.05) is 6.92 Å². The molecule has 1 saturated carbocycles. The molecule has 6 nitrogen and oxygen atoms in total. The van der Waals surface area contributed by atoms with Gasteiger partial charge in [0.05, 0.1) is 11.5 Å². The van der Waals surface area contributed by atoms with E-state index in [0.29, 0.717) is 18.6 Å². The van der Waals surface area contributed by atoms with Gasteiger partial charge in [0.1, 0.15) is 11.6 Å². The molecule has 2 fully saturated rings. The van der Waals surface area contributed by atoms with Crippen molar-refractivity contribution in [3.63, 3.8) is 0 Å². The van der Waals surface area contributed by atoms with Crippen LogP contribution in [0.2, 0.25) is 0 Å². The van der Waals surface area contributed by atoms with Gasteiger partial charge in [0.15, 0.2) is 0 Å². The molecule has 1 atom stereocenters. The molecule has 1 aliphatic carbocycles. The van der Waals surface area contributed by atoms with Gasteiger partial charge in [0.25, 0.3) is 0 Å². The van der Waals surface area contributed by atoms with E-state index < -0.39 is 46.8 Å². The van der Waals surface area contributed by atoms with Gasteiger partial charge in [-0.15, -0.1) is 0 Å². The average molecular weight is 463 g/mol. The summed E-state index contributed by atoms with van der Waals surface area (Å²) in [4.78, 5) is 32.5. The topological polar surface area (TPSA) is 101 Å². The van der Waals surface area contributed by atoms with Crippen molar-refractivity contribution in [3.8, 4) is 0 Å². The number of hydrogen-bond donors (Lipinski definition) is 3. The van der Waals surface area contributed by atoms with E-state index in [4.69, 9.17) is 5.73 Å². The molecule has 1 heterocycles. The zero-order valence-corrected chi connectivity index (χ0v) is 17.6. The van der Waals surface area contributed by atoms with Gasteiger partial charge in [0.2, 0.25) is 11.8 Å². The van der Waals surface area contributed by atoms with E-state index in [0.717, 1.165) is 25.7 Å². The summed E-state index contributed by atoms with van der Waals surface area (Å²) in [6.07, 6.45) is -0.734. The summed E-state index contributed by atoms with van der Waals surface area (Å²) in [5, 5.41) is 4.47. The fourth-order valence-electron chi connectivity index (χ4n) is 3.91. The molecule has 1 aliphatic heterocycles. The van der Waals surface area contributed by atoms with Crippen LogP contribution in [0.1, 0.15) is 56.6 Å². The van der Waals surface area contributed by atoms with E-state index in [2.05, 4.69) is 10.6 Å². The molecule has 1 saturated heterocycles. The largest absolute Gasteiger partial charge is 0.419 e. The van der Waals surface area contributed by atoms with E-state index in [9.17, 15) is 36.3 Å². The van der Waals surface area contributed by atoms with E-state index in [1.54, 1.807) is 0 Å². The van der Waals surface area contributed by atoms with Crippen LogP contribution in [0.25, 0.3) is 0 Å². The second-order valence-electron chi connectivity index (χ2n) is 8.48. The second kappa shape index (κ2) is 10.3. The van der Waals surface area contributed by atoms with Gasteiger partial charge in [-0.05, 0) is 43.2 Å². The number of alkyl halides is 3. The monoisotopic (exact) mass is 463 g/mol. The average Bonchev–Trinajstić information content (AvgIpc) is 3.09. The summed E-state index contributed by atoms with van der Waals surface area (Å²) in [6, 6.07) is 0.598. The number of benzene rings is 1. The lowest BCUT2D eigenvalue weighted by atomic mass is 9.81. The van der Waals surface area contributed by atoms with Crippen LogP contribution in [0.3, 0.4) is 0 Å². The summed E-state index contributed by atoms with van der Waals surface area (Å²) in [5.41, 5.74) is 2.94. The number of primary amides is 1. The second-order valence-corrected chi connectivity index (χ2v) is 8.48. The molecule has 1 aromatic rings. The first kappa shape index (κ1) is 25.5. The first-order valence-corrected chi connectivity index (χ1v) is 10.2. The number of urea groups is 1. The van der Waals surface area contributed by atoms with Crippen molar-refractivity contribution >= 4 is 17.8 Å². The third-order valence-electron chi connectivity index (χ3n) is 5.79. The maximum absolute atomic E-state index is 13.9. The number of imide groups is 1. The smallest absolute Gasteiger partial charge is 0.369 e. The SMILES string of the molecule is CC1(Cc2c(F)ccc(C(F)(F)F)c2F)CCCC1.NC(=O)C1CCC(=O)NC(=O)NC1. The molecule has 4 amide bonds. The van der Waals surface area contributed by atoms with Crippen molar-refractivity contribution in [2.24, 2.45) is 17.1 Å². The number of nitrogens with one attached hydrogen (secondary N) is 2. The Hall–Kier alpha value is -2.72. The molecule has 3 rings (SSSR count). The first-order chi connectivity index (χ1) is 14.8. The lowest BCUT2D eigenvalue weighted by Gasteiger charge is -2.24. The van der Waals surface area contributed by atoms with Gasteiger partial charge in [-0.1, -0.05) is 19.8 Å². The predicted molar refractivity (Wildman–Crippen MR) is 105 cm³/mol. The maximum atomic E-state index is 13.9. The van der Waals surface area contributed by atoms with Crippen molar-refractivity contribution in [2.45, 2.75) is 58.0 Å². The molecule has 0 radical (unpaired) electrons. The number of hydrogen-bond acceptors (Lipinski definition) is 3. The normalized spacial score (nSPS) is 20.9. The van der Waals surface area contributed by atoms with Crippen molar-refractivity contribution < 1.29 is 36.3 Å². The van der Waals surface area contributed by atoms with Crippen LogP contribution in [0.4, 0.5) is 26.7 Å². The number of rotatable bonds is 3. The van der Waals surface area contributed by atoms with Gasteiger partial charge in [0, 0.05) is 18.5 Å². The Morgan fingerprint density at radius 1 is 1.19 bits per heavy atom. The molecule has 178 valence electrons. The van der Waals surface area contributed by atoms with E-state index in [-0.39, 0.29) is 30.7 Å². The van der Waals surface area contributed by atoms with Crippen LogP contribution in [-0.2, 0) is 22.2 Å². The van der Waals surface area contributed by atoms with Crippen LogP contribution in [0, 0.1) is 23.0 Å². The number of amides is 4. The Kier molecular flexibility index (Phi) is 8.19. The number of carbonyl (C=O) groups is 3. The summed E-state index contributed by atoms with van der Waals surface area (Å²) >= 11 is 0. The van der Waals surface area contributed by atoms with Gasteiger partial charge in [-0.25, -0.2) is 13.6 Å². The molecule has 0 aromatic heterocycles. The number of nitrogens with two attached hydrogens (primary N) is 1. The fraction of sp³-hybridized carbons (Fsp3) is 0.571. The Balaban J connectivity index is 0.000000244. The lowest BCUT2D eigenvalue weighted by molar-refractivity contribution is -0.140. The third kappa shape index (κ3) is 6.89. The minimum Gasteiger partial charge on any atom is -0.369 e. The number of carbonyl (C=O) groups excluding carboxylic acids is 3. The standard InChI is InChI=1S/C14H15F5.C7H11N3O3/c1-13(6-2-3-7-13)8-9-11(15)5-4-10(12(9)16)14(17,18)19;8-6(12)4-1-2-5(11)10-7(13)9-3-4/h4-5H,2-3,6-8H2,1H3;4H,1-3H2,(H2,8,12)(H2,9,10,11,13). The third-order valence-corrected chi connectivity index (χ3v) is 5.79. The molecule has 32 heavy (non-hydrogen) atoms. The molecule has 11 heteroatoms. The fourth-order valence-corrected chi connectivity index (χ4v) is 3.91. The Labute approximate surface area is 182 Å². The van der Waals surface area contributed by atoms with E-state index in [1.165, 1.54) is 0 Å². The van der Waals surface area contributed by atoms with Gasteiger partial charge in [-0.3, -0.25) is 14.9 Å². The highest BCUT2D eigenvalue weighted by molar-refractivity contribution is 5.95. The van der Waals surface area contributed by atoms with Crippen LogP contribution in [-0.4, -0.2) is 24.4 Å². The highest BCUT2D eigenvalue weighted by Gasteiger charge is 2.38. The molecule has 2 aliphatic rings. The zero-order chi connectivity index (χ0) is 24.1. The van der Waals surface area contributed by atoms with Crippen molar-refractivity contribution in [1.82, 2.24) is 10.6 Å². The molecule has 1 unspecified atom stereocenters. The maximum Gasteiger partial charge on any atom is 0.419 e. The van der Waals surface area contributed by atoms with Crippen LogP contribution in [0.5, 0.6) is 0 Å². The minimum absolute atomic E-state index is 0.0224. The Bertz CT molecular complexity index is 849. The Morgan fingerprint density at radius 2 is 1.81 bits per heavy atom. The molecule has 1 aromatic carbocycles. The quantitative estimate of drug-likeness (QED) is 0.594. The van der Waals surface area contributed by atoms with Crippen molar-refractivity contribution in [1.29, 1.82) is 0 Å². The summed E-state index contributed by atoms with van der Waals surface area (Å²) < 4.78 is 65.3. The molecular formula is C21H26F5N3O3. The molecule has 4 N–H and O–H groups in total. The Morgan fingerprint density at radius 3 is 2.38 bits per heavy atom. The molecular weight excluding hydrogens is 437 g/mol.